The predicted octanol–water partition coefficient (Wildman–Crippen LogP) is 5.90. The number of aromatic nitrogens is 1. The van der Waals surface area contributed by atoms with Crippen molar-refractivity contribution >= 4 is 61.4 Å². The quantitative estimate of drug-likeness (QED) is 0.397. The molecule has 8 heteroatoms. The zero-order chi connectivity index (χ0) is 18.8. The summed E-state index contributed by atoms with van der Waals surface area (Å²) in [6, 6.07) is 17.6. The number of benzene rings is 2. The Hall–Kier alpha value is -2.42. The van der Waals surface area contributed by atoms with Crippen molar-refractivity contribution < 1.29 is 4.79 Å². The molecular formula is C19H14N4OS3. The van der Waals surface area contributed by atoms with Crippen LogP contribution < -0.4 is 4.90 Å². The third-order valence-electron chi connectivity index (χ3n) is 3.88. The lowest BCUT2D eigenvalue weighted by Crippen LogP contribution is -2.27. The first-order valence-electron chi connectivity index (χ1n) is 8.16. The molecule has 0 atom stereocenters. The summed E-state index contributed by atoms with van der Waals surface area (Å²) in [7, 11) is 0. The molecule has 1 aliphatic heterocycles. The number of amides is 1. The van der Waals surface area contributed by atoms with Crippen LogP contribution >= 0.6 is 35.3 Å². The van der Waals surface area contributed by atoms with E-state index in [0.29, 0.717) is 25.9 Å². The summed E-state index contributed by atoms with van der Waals surface area (Å²) >= 11 is 7.97. The van der Waals surface area contributed by atoms with E-state index in [9.17, 15) is 4.79 Å². The molecule has 1 aliphatic rings. The molecule has 1 saturated heterocycles. The Bertz CT molecular complexity index is 1010. The maximum absolute atomic E-state index is 12.2. The van der Waals surface area contributed by atoms with Gasteiger partial charge in [0.15, 0.2) is 5.00 Å². The zero-order valence-corrected chi connectivity index (χ0v) is 16.8. The molecule has 0 unspecified atom stereocenters. The standard InChI is InChI=1S/C19H14N4OS3/c1-12-7-9-14(10-8-12)21-22-17-16(13-5-3-2-4-6-13)20-18(27-17)23-15(24)11-26-19(23)25/h2-10H,11H2,1H3. The second-order valence-corrected chi connectivity index (χ2v) is 8.40. The zero-order valence-electron chi connectivity index (χ0n) is 14.3. The van der Waals surface area contributed by atoms with E-state index in [-0.39, 0.29) is 5.91 Å². The Morgan fingerprint density at radius 3 is 2.48 bits per heavy atom. The number of carbonyl (C=O) groups excluding carboxylic acids is 1. The van der Waals surface area contributed by atoms with Crippen LogP contribution in [0, 0.1) is 6.92 Å². The minimum absolute atomic E-state index is 0.0552. The van der Waals surface area contributed by atoms with Crippen LogP contribution in [0.15, 0.2) is 64.8 Å². The molecule has 0 saturated carbocycles. The molecule has 4 rings (SSSR count). The fraction of sp³-hybridized carbons (Fsp3) is 0.105. The molecule has 2 aromatic carbocycles. The fourth-order valence-corrected chi connectivity index (χ4v) is 4.61. The topological polar surface area (TPSA) is 57.9 Å². The Morgan fingerprint density at radius 1 is 1.07 bits per heavy atom. The molecule has 0 radical (unpaired) electrons. The van der Waals surface area contributed by atoms with Crippen molar-refractivity contribution in [3.63, 3.8) is 0 Å². The van der Waals surface area contributed by atoms with Gasteiger partial charge < -0.3 is 0 Å². The lowest BCUT2D eigenvalue weighted by Gasteiger charge is -2.09. The molecule has 0 N–H and O–H groups in total. The van der Waals surface area contributed by atoms with E-state index in [4.69, 9.17) is 12.2 Å². The van der Waals surface area contributed by atoms with Crippen molar-refractivity contribution in [3.05, 3.63) is 60.2 Å². The van der Waals surface area contributed by atoms with Crippen molar-refractivity contribution in [2.24, 2.45) is 10.2 Å². The number of thiazole rings is 1. The number of anilines is 1. The van der Waals surface area contributed by atoms with Gasteiger partial charge in [0.1, 0.15) is 10.0 Å². The molecular weight excluding hydrogens is 396 g/mol. The van der Waals surface area contributed by atoms with E-state index in [2.05, 4.69) is 15.2 Å². The second kappa shape index (κ2) is 7.67. The van der Waals surface area contributed by atoms with E-state index >= 15 is 0 Å². The summed E-state index contributed by atoms with van der Waals surface area (Å²) in [5.41, 5.74) is 3.54. The van der Waals surface area contributed by atoms with E-state index in [1.807, 2.05) is 61.5 Å². The molecule has 5 nitrogen and oxygen atoms in total. The molecule has 1 fully saturated rings. The number of nitrogens with zero attached hydrogens (tertiary/aromatic N) is 4. The molecule has 134 valence electrons. The molecule has 0 aliphatic carbocycles. The highest BCUT2D eigenvalue weighted by Crippen LogP contribution is 2.42. The van der Waals surface area contributed by atoms with Gasteiger partial charge in [-0.1, -0.05) is 83.3 Å². The molecule has 3 aromatic rings. The highest BCUT2D eigenvalue weighted by atomic mass is 32.2. The van der Waals surface area contributed by atoms with E-state index in [0.717, 1.165) is 16.8 Å². The third-order valence-corrected chi connectivity index (χ3v) is 6.16. The maximum Gasteiger partial charge on any atom is 0.244 e. The van der Waals surface area contributed by atoms with Gasteiger partial charge in [0.25, 0.3) is 0 Å². The van der Waals surface area contributed by atoms with Crippen LogP contribution in [0.1, 0.15) is 5.56 Å². The van der Waals surface area contributed by atoms with Crippen LogP contribution in [0.2, 0.25) is 0 Å². The summed E-state index contributed by atoms with van der Waals surface area (Å²) < 4.78 is 0.524. The van der Waals surface area contributed by atoms with Gasteiger partial charge in [-0.3, -0.25) is 4.79 Å². The molecule has 0 spiro atoms. The average Bonchev–Trinajstić information content (AvgIpc) is 3.25. The SMILES string of the molecule is Cc1ccc(N=Nc2sc(N3C(=O)CSC3=S)nc2-c2ccccc2)cc1. The smallest absolute Gasteiger partial charge is 0.244 e. The van der Waals surface area contributed by atoms with Gasteiger partial charge in [0.05, 0.1) is 11.4 Å². The van der Waals surface area contributed by atoms with Gasteiger partial charge in [-0.2, -0.15) is 0 Å². The number of azo groups is 1. The van der Waals surface area contributed by atoms with E-state index < -0.39 is 0 Å². The van der Waals surface area contributed by atoms with Crippen LogP contribution in [-0.4, -0.2) is 21.0 Å². The number of thioether (sulfide) groups is 1. The summed E-state index contributed by atoms with van der Waals surface area (Å²) in [5.74, 6) is 0.291. The number of hydrogen-bond donors (Lipinski definition) is 0. The van der Waals surface area contributed by atoms with Crippen molar-refractivity contribution in [1.29, 1.82) is 0 Å². The summed E-state index contributed by atoms with van der Waals surface area (Å²) in [6.07, 6.45) is 0. The lowest BCUT2D eigenvalue weighted by molar-refractivity contribution is -0.115. The second-order valence-electron chi connectivity index (χ2n) is 5.84. The monoisotopic (exact) mass is 410 g/mol. The van der Waals surface area contributed by atoms with Gasteiger partial charge in [-0.15, -0.1) is 10.2 Å². The van der Waals surface area contributed by atoms with Gasteiger partial charge in [-0.05, 0) is 19.1 Å². The van der Waals surface area contributed by atoms with E-state index in [1.165, 1.54) is 28.0 Å². The fourth-order valence-electron chi connectivity index (χ4n) is 2.50. The minimum atomic E-state index is -0.0552. The number of rotatable bonds is 4. The summed E-state index contributed by atoms with van der Waals surface area (Å²) in [6.45, 7) is 2.03. The Labute approximate surface area is 170 Å². The molecule has 2 heterocycles. The highest BCUT2D eigenvalue weighted by molar-refractivity contribution is 8.24. The Balaban J connectivity index is 1.75. The number of thiocarbonyl (C=S) groups is 1. The van der Waals surface area contributed by atoms with Crippen LogP contribution in [0.3, 0.4) is 0 Å². The Morgan fingerprint density at radius 2 is 1.81 bits per heavy atom. The largest absolute Gasteiger partial charge is 0.273 e. The Kier molecular flexibility index (Phi) is 5.11. The normalized spacial score (nSPS) is 14.5. The first-order valence-corrected chi connectivity index (χ1v) is 10.4. The van der Waals surface area contributed by atoms with Crippen molar-refractivity contribution in [2.45, 2.75) is 6.92 Å². The predicted molar refractivity (Wildman–Crippen MR) is 115 cm³/mol. The highest BCUT2D eigenvalue weighted by Gasteiger charge is 2.31. The minimum Gasteiger partial charge on any atom is -0.273 e. The van der Waals surface area contributed by atoms with Crippen LogP contribution in [0.25, 0.3) is 11.3 Å². The number of hydrogen-bond acceptors (Lipinski definition) is 7. The van der Waals surface area contributed by atoms with Crippen LogP contribution in [0.4, 0.5) is 15.8 Å². The first kappa shape index (κ1) is 18.0. The van der Waals surface area contributed by atoms with Gasteiger partial charge >= 0.3 is 0 Å². The van der Waals surface area contributed by atoms with Crippen molar-refractivity contribution in [3.8, 4) is 11.3 Å². The maximum atomic E-state index is 12.2. The van der Waals surface area contributed by atoms with Crippen molar-refractivity contribution in [1.82, 2.24) is 4.98 Å². The van der Waals surface area contributed by atoms with Gasteiger partial charge in [-0.25, -0.2) is 9.88 Å². The lowest BCUT2D eigenvalue weighted by atomic mass is 10.2. The molecule has 1 amide bonds. The van der Waals surface area contributed by atoms with Crippen LogP contribution in [0.5, 0.6) is 0 Å². The molecule has 1 aromatic heterocycles. The number of carbonyl (C=O) groups is 1. The average molecular weight is 411 g/mol. The van der Waals surface area contributed by atoms with Crippen LogP contribution in [-0.2, 0) is 4.79 Å². The third kappa shape index (κ3) is 3.83. The van der Waals surface area contributed by atoms with Gasteiger partial charge in [0.2, 0.25) is 11.0 Å². The molecule has 27 heavy (non-hydrogen) atoms. The van der Waals surface area contributed by atoms with Gasteiger partial charge in [0, 0.05) is 5.56 Å². The van der Waals surface area contributed by atoms with Crippen molar-refractivity contribution in [2.75, 3.05) is 10.7 Å². The number of aryl methyl sites for hydroxylation is 1. The molecule has 0 bridgehead atoms. The first-order chi connectivity index (χ1) is 13.1. The summed E-state index contributed by atoms with van der Waals surface area (Å²) in [4.78, 5) is 18.3. The summed E-state index contributed by atoms with van der Waals surface area (Å²) in [5, 5.41) is 9.93. The van der Waals surface area contributed by atoms with E-state index in [1.54, 1.807) is 0 Å².